The lowest BCUT2D eigenvalue weighted by molar-refractivity contribution is 0.385. The van der Waals surface area contributed by atoms with Crippen molar-refractivity contribution in [2.75, 3.05) is 6.54 Å². The van der Waals surface area contributed by atoms with Gasteiger partial charge in [-0.3, -0.25) is 9.36 Å². The number of nitrogens with two attached hydrogens (primary N) is 1. The van der Waals surface area contributed by atoms with Gasteiger partial charge in [0.05, 0.1) is 0 Å². The molecule has 0 amide bonds. The Hall–Kier alpha value is -2.10. The van der Waals surface area contributed by atoms with Gasteiger partial charge in [-0.25, -0.2) is 15.1 Å². The first-order valence-electron chi connectivity index (χ1n) is 6.67. The van der Waals surface area contributed by atoms with Gasteiger partial charge in [0.15, 0.2) is 0 Å². The Kier molecular flexibility index (Phi) is 3.55. The third-order valence-electron chi connectivity index (χ3n) is 3.61. The Morgan fingerprint density at radius 2 is 2.05 bits per heavy atom. The molecule has 116 valence electrons. The summed E-state index contributed by atoms with van der Waals surface area (Å²) >= 11 is 0. The van der Waals surface area contributed by atoms with Crippen LogP contribution in [0.2, 0.25) is 0 Å². The Morgan fingerprint density at radius 3 is 2.73 bits per heavy atom. The summed E-state index contributed by atoms with van der Waals surface area (Å²) in [6.45, 7) is 2.20. The zero-order valence-corrected chi connectivity index (χ0v) is 12.7. The maximum Gasteiger partial charge on any atom is 0.277 e. The summed E-state index contributed by atoms with van der Waals surface area (Å²) in [5.41, 5.74) is 2.04. The average molecular weight is 321 g/mol. The molecule has 0 bridgehead atoms. The van der Waals surface area contributed by atoms with Gasteiger partial charge in [-0.1, -0.05) is 6.07 Å². The monoisotopic (exact) mass is 321 g/mol. The minimum atomic E-state index is -3.74. The number of hydrogen-bond donors (Lipinski definition) is 1. The van der Waals surface area contributed by atoms with Gasteiger partial charge in [-0.2, -0.15) is 12.7 Å². The molecule has 0 radical (unpaired) electrons. The SMILES string of the molecule is Cc1cc(-n2c3c(ccc2=O)CN(S(N)(=O)=O)CC3)ncn1. The van der Waals surface area contributed by atoms with E-state index in [9.17, 15) is 13.2 Å². The molecule has 0 spiro atoms. The van der Waals surface area contributed by atoms with Crippen LogP contribution in [-0.2, 0) is 23.2 Å². The molecule has 8 nitrogen and oxygen atoms in total. The molecule has 0 atom stereocenters. The predicted octanol–water partition coefficient (Wildman–Crippen LogP) is -0.502. The number of aromatic nitrogens is 3. The molecule has 1 aliphatic heterocycles. The van der Waals surface area contributed by atoms with Crippen molar-refractivity contribution in [2.24, 2.45) is 5.14 Å². The third-order valence-corrected chi connectivity index (χ3v) is 4.64. The third kappa shape index (κ3) is 2.65. The first-order valence-corrected chi connectivity index (χ1v) is 8.17. The van der Waals surface area contributed by atoms with E-state index in [2.05, 4.69) is 9.97 Å². The van der Waals surface area contributed by atoms with Crippen molar-refractivity contribution in [3.8, 4) is 5.82 Å². The molecule has 0 saturated heterocycles. The fourth-order valence-electron chi connectivity index (χ4n) is 2.57. The van der Waals surface area contributed by atoms with Crippen LogP contribution in [0.25, 0.3) is 5.82 Å². The maximum absolute atomic E-state index is 12.2. The molecule has 2 aromatic rings. The van der Waals surface area contributed by atoms with Crippen molar-refractivity contribution < 1.29 is 8.42 Å². The largest absolute Gasteiger partial charge is 0.277 e. The Labute approximate surface area is 127 Å². The molecular formula is C13H15N5O3S. The molecule has 0 fully saturated rings. The second-order valence-corrected chi connectivity index (χ2v) is 6.67. The van der Waals surface area contributed by atoms with Crippen LogP contribution in [0, 0.1) is 6.92 Å². The molecule has 0 unspecified atom stereocenters. The fraction of sp³-hybridized carbons (Fsp3) is 0.308. The average Bonchev–Trinajstić information content (AvgIpc) is 2.45. The number of pyridine rings is 1. The standard InChI is InChI=1S/C13H15N5O3S/c1-9-6-12(16-8-15-9)18-11-4-5-17(22(14,20)21)7-10(11)2-3-13(18)19/h2-3,6,8H,4-5,7H2,1H3,(H2,14,20,21). The van der Waals surface area contributed by atoms with Gasteiger partial charge in [0.1, 0.15) is 12.1 Å². The van der Waals surface area contributed by atoms with Gasteiger partial charge in [0.25, 0.3) is 15.8 Å². The molecular weight excluding hydrogens is 306 g/mol. The Morgan fingerprint density at radius 1 is 1.27 bits per heavy atom. The van der Waals surface area contributed by atoms with E-state index in [0.29, 0.717) is 12.2 Å². The van der Waals surface area contributed by atoms with Gasteiger partial charge in [0.2, 0.25) is 0 Å². The van der Waals surface area contributed by atoms with Crippen molar-refractivity contribution in [1.82, 2.24) is 18.8 Å². The molecule has 0 saturated carbocycles. The predicted molar refractivity (Wildman–Crippen MR) is 79.6 cm³/mol. The molecule has 0 aliphatic carbocycles. The molecule has 22 heavy (non-hydrogen) atoms. The summed E-state index contributed by atoms with van der Waals surface area (Å²) < 4.78 is 25.6. The first-order chi connectivity index (χ1) is 10.4. The second-order valence-electron chi connectivity index (χ2n) is 5.12. The van der Waals surface area contributed by atoms with Crippen LogP contribution in [0.15, 0.2) is 29.3 Å². The minimum Gasteiger partial charge on any atom is -0.269 e. The van der Waals surface area contributed by atoms with Crippen LogP contribution in [0.5, 0.6) is 0 Å². The Balaban J connectivity index is 2.13. The lowest BCUT2D eigenvalue weighted by atomic mass is 10.1. The topological polar surface area (TPSA) is 111 Å². The van der Waals surface area contributed by atoms with Crippen molar-refractivity contribution in [2.45, 2.75) is 19.9 Å². The van der Waals surface area contributed by atoms with Gasteiger partial charge in [-0.15, -0.1) is 0 Å². The van der Waals surface area contributed by atoms with Crippen molar-refractivity contribution in [1.29, 1.82) is 0 Å². The van der Waals surface area contributed by atoms with Crippen LogP contribution < -0.4 is 10.7 Å². The van der Waals surface area contributed by atoms with Gasteiger partial charge in [0, 0.05) is 43.0 Å². The molecule has 0 aromatic carbocycles. The molecule has 3 heterocycles. The minimum absolute atomic E-state index is 0.151. The first kappa shape index (κ1) is 14.8. The van der Waals surface area contributed by atoms with Gasteiger partial charge < -0.3 is 0 Å². The van der Waals surface area contributed by atoms with E-state index >= 15 is 0 Å². The van der Waals surface area contributed by atoms with Crippen molar-refractivity contribution in [3.05, 3.63) is 51.8 Å². The molecule has 1 aliphatic rings. The highest BCUT2D eigenvalue weighted by atomic mass is 32.2. The van der Waals surface area contributed by atoms with Crippen LogP contribution in [0.1, 0.15) is 17.0 Å². The highest BCUT2D eigenvalue weighted by molar-refractivity contribution is 7.86. The quantitative estimate of drug-likeness (QED) is 0.801. The van der Waals surface area contributed by atoms with Crippen molar-refractivity contribution >= 4 is 10.2 Å². The molecule has 2 aromatic heterocycles. The molecule has 9 heteroatoms. The lowest BCUT2D eigenvalue weighted by Crippen LogP contribution is -2.42. The van der Waals surface area contributed by atoms with Gasteiger partial charge in [-0.05, 0) is 12.5 Å². The smallest absolute Gasteiger partial charge is 0.269 e. The van der Waals surface area contributed by atoms with Crippen molar-refractivity contribution in [3.63, 3.8) is 0 Å². The number of hydrogen-bond acceptors (Lipinski definition) is 5. The number of aryl methyl sites for hydroxylation is 1. The van der Waals surface area contributed by atoms with Crippen LogP contribution >= 0.6 is 0 Å². The summed E-state index contributed by atoms with van der Waals surface area (Å²) in [5.74, 6) is 0.485. The maximum atomic E-state index is 12.2. The van der Waals surface area contributed by atoms with E-state index in [1.165, 1.54) is 21.3 Å². The van der Waals surface area contributed by atoms with E-state index in [4.69, 9.17) is 5.14 Å². The summed E-state index contributed by atoms with van der Waals surface area (Å²) in [7, 11) is -3.74. The summed E-state index contributed by atoms with van der Waals surface area (Å²) in [4.78, 5) is 20.4. The highest BCUT2D eigenvalue weighted by Crippen LogP contribution is 2.20. The number of fused-ring (bicyclic) bond motifs is 1. The summed E-state index contributed by atoms with van der Waals surface area (Å²) in [5, 5.41) is 5.18. The fourth-order valence-corrected chi connectivity index (χ4v) is 3.23. The molecule has 3 rings (SSSR count). The normalized spacial score (nSPS) is 15.5. The van der Waals surface area contributed by atoms with E-state index in [0.717, 1.165) is 17.0 Å². The highest BCUT2D eigenvalue weighted by Gasteiger charge is 2.26. The van der Waals surface area contributed by atoms with Crippen LogP contribution in [0.4, 0.5) is 0 Å². The van der Waals surface area contributed by atoms with E-state index < -0.39 is 10.2 Å². The summed E-state index contributed by atoms with van der Waals surface area (Å²) in [6, 6.07) is 4.76. The van der Waals surface area contributed by atoms with E-state index in [1.54, 1.807) is 12.1 Å². The zero-order chi connectivity index (χ0) is 15.9. The molecule has 2 N–H and O–H groups in total. The van der Waals surface area contributed by atoms with E-state index in [1.807, 2.05) is 6.92 Å². The Bertz CT molecular complexity index is 891. The number of rotatable bonds is 2. The zero-order valence-electron chi connectivity index (χ0n) is 11.9. The van der Waals surface area contributed by atoms with Crippen LogP contribution in [0.3, 0.4) is 0 Å². The number of nitrogens with zero attached hydrogens (tertiary/aromatic N) is 4. The van der Waals surface area contributed by atoms with Crippen LogP contribution in [-0.4, -0.2) is 33.8 Å². The lowest BCUT2D eigenvalue weighted by Gasteiger charge is -2.28. The summed E-state index contributed by atoms with van der Waals surface area (Å²) in [6.07, 6.45) is 1.79. The van der Waals surface area contributed by atoms with Gasteiger partial charge >= 0.3 is 0 Å². The van der Waals surface area contributed by atoms with E-state index in [-0.39, 0.29) is 18.6 Å². The second kappa shape index (κ2) is 5.27.